The average molecular weight is 315 g/mol. The van der Waals surface area contributed by atoms with Crippen LogP contribution in [0.1, 0.15) is 36.7 Å². The van der Waals surface area contributed by atoms with Gasteiger partial charge >= 0.3 is 5.97 Å². The Bertz CT molecular complexity index is 590. The van der Waals surface area contributed by atoms with Gasteiger partial charge in [-0.15, -0.1) is 0 Å². The van der Waals surface area contributed by atoms with Crippen LogP contribution in [-0.2, 0) is 10.0 Å². The highest BCUT2D eigenvalue weighted by molar-refractivity contribution is 7.89. The zero-order valence-corrected chi connectivity index (χ0v) is 12.8. The van der Waals surface area contributed by atoms with Gasteiger partial charge in [0.05, 0.1) is 0 Å². The molecule has 0 aromatic carbocycles. The minimum Gasteiger partial charge on any atom is -0.477 e. The van der Waals surface area contributed by atoms with Gasteiger partial charge in [0, 0.05) is 18.8 Å². The normalized spacial score (nSPS) is 17.2. The lowest BCUT2D eigenvalue weighted by molar-refractivity contribution is 0.0691. The predicted octanol–water partition coefficient (Wildman–Crippen LogP) is 0.866. The largest absolute Gasteiger partial charge is 0.477 e. The fraction of sp³-hybridized carbons (Fsp3) is 0.615. The quantitative estimate of drug-likeness (QED) is 0.723. The molecule has 0 aliphatic carbocycles. The van der Waals surface area contributed by atoms with E-state index >= 15 is 0 Å². The zero-order valence-electron chi connectivity index (χ0n) is 12.0. The van der Waals surface area contributed by atoms with E-state index in [1.807, 2.05) is 6.92 Å². The second kappa shape index (κ2) is 6.59. The topological polar surface area (TPSA) is 103 Å². The van der Waals surface area contributed by atoms with Crippen LogP contribution >= 0.6 is 0 Å². The second-order valence-corrected chi connectivity index (χ2v) is 7.04. The molecule has 1 aromatic heterocycles. The van der Waals surface area contributed by atoms with Crippen molar-refractivity contribution < 1.29 is 18.3 Å². The minimum absolute atomic E-state index is 0.0203. The zero-order chi connectivity index (χ0) is 15.5. The number of H-pyrrole nitrogens is 1. The molecule has 2 heterocycles. The number of aromatic nitrogens is 1. The lowest BCUT2D eigenvalue weighted by atomic mass is 10.1. The number of rotatable bonds is 6. The van der Waals surface area contributed by atoms with Crippen molar-refractivity contribution in [1.29, 1.82) is 0 Å². The molecule has 0 spiro atoms. The Balaban J connectivity index is 2.29. The molecule has 0 unspecified atom stereocenters. The van der Waals surface area contributed by atoms with Crippen molar-refractivity contribution in [3.05, 3.63) is 18.0 Å². The maximum atomic E-state index is 12.8. The van der Waals surface area contributed by atoms with Crippen LogP contribution in [0.4, 0.5) is 0 Å². The van der Waals surface area contributed by atoms with E-state index < -0.39 is 16.0 Å². The second-order valence-electron chi connectivity index (χ2n) is 5.15. The maximum Gasteiger partial charge on any atom is 0.352 e. The third kappa shape index (κ3) is 3.45. The fourth-order valence-electron chi connectivity index (χ4n) is 2.60. The SMILES string of the molecule is CCCN(C1CCNCC1)S(=O)(=O)c1c[nH]c(C(=O)O)c1. The monoisotopic (exact) mass is 315 g/mol. The summed E-state index contributed by atoms with van der Waals surface area (Å²) in [5.41, 5.74) is -0.115. The average Bonchev–Trinajstić information content (AvgIpc) is 2.96. The van der Waals surface area contributed by atoms with Crippen molar-refractivity contribution in [2.45, 2.75) is 37.1 Å². The van der Waals surface area contributed by atoms with E-state index in [1.54, 1.807) is 0 Å². The Morgan fingerprint density at radius 2 is 2.10 bits per heavy atom. The highest BCUT2D eigenvalue weighted by Crippen LogP contribution is 2.23. The number of nitrogens with one attached hydrogen (secondary N) is 2. The summed E-state index contributed by atoms with van der Waals surface area (Å²) < 4.78 is 27.0. The Labute approximate surface area is 124 Å². The van der Waals surface area contributed by atoms with E-state index in [4.69, 9.17) is 5.11 Å². The van der Waals surface area contributed by atoms with Gasteiger partial charge in [-0.05, 0) is 38.4 Å². The van der Waals surface area contributed by atoms with Gasteiger partial charge in [0.25, 0.3) is 0 Å². The standard InChI is InChI=1S/C13H21N3O4S/c1-2-7-16(10-3-5-14-6-4-10)21(19,20)11-8-12(13(17)18)15-9-11/h8-10,14-15H,2-7H2,1H3,(H,17,18). The summed E-state index contributed by atoms with van der Waals surface area (Å²) >= 11 is 0. The van der Waals surface area contributed by atoms with Crippen LogP contribution in [-0.4, -0.2) is 54.5 Å². The van der Waals surface area contributed by atoms with Crippen LogP contribution in [0.2, 0.25) is 0 Å². The molecule has 7 nitrogen and oxygen atoms in total. The van der Waals surface area contributed by atoms with E-state index in [2.05, 4.69) is 10.3 Å². The first-order valence-corrected chi connectivity index (χ1v) is 8.55. The number of hydrogen-bond donors (Lipinski definition) is 3. The number of aromatic carboxylic acids is 1. The van der Waals surface area contributed by atoms with Gasteiger partial charge in [0.1, 0.15) is 10.6 Å². The Morgan fingerprint density at radius 3 is 2.62 bits per heavy atom. The van der Waals surface area contributed by atoms with Crippen molar-refractivity contribution in [2.24, 2.45) is 0 Å². The number of nitrogens with zero attached hydrogens (tertiary/aromatic N) is 1. The number of carboxylic acid groups (broad SMARTS) is 1. The van der Waals surface area contributed by atoms with Crippen molar-refractivity contribution in [2.75, 3.05) is 19.6 Å². The Kier molecular flexibility index (Phi) is 5.02. The molecule has 1 aliphatic heterocycles. The summed E-state index contributed by atoms with van der Waals surface area (Å²) in [6.07, 6.45) is 3.52. The molecule has 0 saturated carbocycles. The van der Waals surface area contributed by atoms with Crippen LogP contribution in [0.15, 0.2) is 17.2 Å². The molecule has 118 valence electrons. The van der Waals surface area contributed by atoms with Crippen molar-refractivity contribution in [3.63, 3.8) is 0 Å². The molecule has 2 rings (SSSR count). The summed E-state index contributed by atoms with van der Waals surface area (Å²) in [5.74, 6) is -1.17. The number of hydrogen-bond acceptors (Lipinski definition) is 4. The van der Waals surface area contributed by atoms with E-state index in [9.17, 15) is 13.2 Å². The number of aromatic amines is 1. The summed E-state index contributed by atoms with van der Waals surface area (Å²) in [6, 6.07) is 1.15. The molecular formula is C13H21N3O4S. The third-order valence-electron chi connectivity index (χ3n) is 3.65. The van der Waals surface area contributed by atoms with Crippen molar-refractivity contribution in [3.8, 4) is 0 Å². The van der Waals surface area contributed by atoms with Crippen LogP contribution in [0, 0.1) is 0 Å². The molecule has 1 fully saturated rings. The van der Waals surface area contributed by atoms with E-state index in [1.165, 1.54) is 16.6 Å². The van der Waals surface area contributed by atoms with E-state index in [-0.39, 0.29) is 16.6 Å². The first kappa shape index (κ1) is 16.0. The van der Waals surface area contributed by atoms with Crippen molar-refractivity contribution >= 4 is 16.0 Å². The molecule has 0 atom stereocenters. The lowest BCUT2D eigenvalue weighted by Gasteiger charge is -2.33. The van der Waals surface area contributed by atoms with Crippen LogP contribution < -0.4 is 5.32 Å². The van der Waals surface area contributed by atoms with Gasteiger partial charge in [-0.2, -0.15) is 4.31 Å². The van der Waals surface area contributed by atoms with Gasteiger partial charge in [-0.25, -0.2) is 13.2 Å². The van der Waals surface area contributed by atoms with E-state index in [0.717, 1.165) is 32.4 Å². The molecule has 1 aliphatic rings. The van der Waals surface area contributed by atoms with Gasteiger partial charge < -0.3 is 15.4 Å². The Morgan fingerprint density at radius 1 is 1.43 bits per heavy atom. The summed E-state index contributed by atoms with van der Waals surface area (Å²) in [5, 5.41) is 12.1. The molecule has 0 amide bonds. The maximum absolute atomic E-state index is 12.8. The summed E-state index contributed by atoms with van der Waals surface area (Å²) in [6.45, 7) is 3.98. The molecule has 8 heteroatoms. The van der Waals surface area contributed by atoms with Crippen LogP contribution in [0.25, 0.3) is 0 Å². The smallest absolute Gasteiger partial charge is 0.352 e. The number of piperidine rings is 1. The minimum atomic E-state index is -3.66. The summed E-state index contributed by atoms with van der Waals surface area (Å²) in [4.78, 5) is 13.4. The van der Waals surface area contributed by atoms with Crippen molar-refractivity contribution in [1.82, 2.24) is 14.6 Å². The molecule has 0 bridgehead atoms. The van der Waals surface area contributed by atoms with E-state index in [0.29, 0.717) is 6.54 Å². The Hall–Kier alpha value is -1.38. The highest BCUT2D eigenvalue weighted by atomic mass is 32.2. The lowest BCUT2D eigenvalue weighted by Crippen LogP contribution is -2.46. The van der Waals surface area contributed by atoms with Gasteiger partial charge in [0.2, 0.25) is 10.0 Å². The van der Waals surface area contributed by atoms with Crippen LogP contribution in [0.3, 0.4) is 0 Å². The number of carbonyl (C=O) groups is 1. The number of sulfonamides is 1. The molecule has 3 N–H and O–H groups in total. The van der Waals surface area contributed by atoms with Gasteiger partial charge in [0.15, 0.2) is 0 Å². The van der Waals surface area contributed by atoms with Gasteiger partial charge in [-0.1, -0.05) is 6.92 Å². The molecule has 0 radical (unpaired) electrons. The predicted molar refractivity (Wildman–Crippen MR) is 77.8 cm³/mol. The first-order chi connectivity index (χ1) is 9.96. The molecule has 21 heavy (non-hydrogen) atoms. The van der Waals surface area contributed by atoms with Gasteiger partial charge in [-0.3, -0.25) is 0 Å². The van der Waals surface area contributed by atoms with Crippen LogP contribution in [0.5, 0.6) is 0 Å². The summed E-state index contributed by atoms with van der Waals surface area (Å²) in [7, 11) is -3.66. The molecular weight excluding hydrogens is 294 g/mol. The fourth-order valence-corrected chi connectivity index (χ4v) is 4.37. The molecule has 1 aromatic rings. The third-order valence-corrected chi connectivity index (χ3v) is 5.58. The molecule has 1 saturated heterocycles. The highest BCUT2D eigenvalue weighted by Gasteiger charge is 2.32. The first-order valence-electron chi connectivity index (χ1n) is 7.11. The number of carboxylic acids is 1.